The number of allylic oxidation sites excluding steroid dienone is 2. The predicted octanol–water partition coefficient (Wildman–Crippen LogP) is 6.25. The quantitative estimate of drug-likeness (QED) is 0.244. The first-order chi connectivity index (χ1) is 18.5. The summed E-state index contributed by atoms with van der Waals surface area (Å²) < 4.78 is 6.35. The third-order valence-electron chi connectivity index (χ3n) is 8.25. The number of rotatable bonds is 6. The summed E-state index contributed by atoms with van der Waals surface area (Å²) in [6.45, 7) is 2.56. The van der Waals surface area contributed by atoms with Crippen LogP contribution in [0, 0.1) is 17.8 Å². The van der Waals surface area contributed by atoms with E-state index in [1.54, 1.807) is 6.07 Å². The fourth-order valence-electron chi connectivity index (χ4n) is 6.50. The zero-order chi connectivity index (χ0) is 26.2. The van der Waals surface area contributed by atoms with Crippen molar-refractivity contribution in [1.82, 2.24) is 0 Å². The average molecular weight is 506 g/mol. The highest BCUT2D eigenvalue weighted by atomic mass is 16.5. The Labute approximate surface area is 223 Å². The number of anilines is 1. The highest BCUT2D eigenvalue weighted by Gasteiger charge is 2.56. The van der Waals surface area contributed by atoms with Gasteiger partial charge in [0, 0.05) is 11.5 Å². The van der Waals surface area contributed by atoms with Crippen LogP contribution in [0.2, 0.25) is 0 Å². The molecule has 1 aliphatic carbocycles. The van der Waals surface area contributed by atoms with Crippen molar-refractivity contribution in [3.8, 4) is 5.75 Å². The minimum Gasteiger partial charge on any atom is -0.507 e. The molecular formula is C33H31NO4. The SMILES string of the molecule is CC1=C2[C@@H](CC/C(=C/c3ccccc3O)c3ccccc3)OC[C@@H]2[C@@H]2C(=O)N(c3ccccc3)C(=O)[C@@H]2C1. The first kappa shape index (κ1) is 24.4. The van der Waals surface area contributed by atoms with Gasteiger partial charge in [0.1, 0.15) is 5.75 Å². The summed E-state index contributed by atoms with van der Waals surface area (Å²) in [6, 6.07) is 26.8. The molecule has 2 fully saturated rings. The molecule has 3 aromatic carbocycles. The Balaban J connectivity index is 1.25. The van der Waals surface area contributed by atoms with Crippen LogP contribution in [-0.4, -0.2) is 29.6 Å². The molecule has 0 aromatic heterocycles. The Morgan fingerprint density at radius 2 is 1.61 bits per heavy atom. The van der Waals surface area contributed by atoms with E-state index >= 15 is 0 Å². The number of hydrogen-bond donors (Lipinski definition) is 1. The van der Waals surface area contributed by atoms with Crippen LogP contribution in [0.4, 0.5) is 5.69 Å². The van der Waals surface area contributed by atoms with E-state index in [9.17, 15) is 14.7 Å². The first-order valence-corrected chi connectivity index (χ1v) is 13.3. The van der Waals surface area contributed by atoms with Crippen molar-refractivity contribution in [2.75, 3.05) is 11.5 Å². The van der Waals surface area contributed by atoms with E-state index in [1.165, 1.54) is 16.0 Å². The number of fused-ring (bicyclic) bond motifs is 3. The Morgan fingerprint density at radius 3 is 2.34 bits per heavy atom. The number of carbonyl (C=O) groups excluding carboxylic acids is 2. The second-order valence-electron chi connectivity index (χ2n) is 10.5. The van der Waals surface area contributed by atoms with Gasteiger partial charge in [-0.25, -0.2) is 0 Å². The molecule has 3 aliphatic rings. The number of benzene rings is 3. The molecule has 0 saturated carbocycles. The number of phenolic OH excluding ortho intramolecular Hbond substituents is 1. The number of aromatic hydroxyl groups is 1. The van der Waals surface area contributed by atoms with Crippen molar-refractivity contribution >= 4 is 29.2 Å². The van der Waals surface area contributed by atoms with Crippen LogP contribution in [0.25, 0.3) is 11.6 Å². The highest BCUT2D eigenvalue weighted by molar-refractivity contribution is 6.22. The van der Waals surface area contributed by atoms with Crippen molar-refractivity contribution < 1.29 is 19.4 Å². The molecule has 3 aromatic rings. The van der Waals surface area contributed by atoms with Gasteiger partial charge in [-0.2, -0.15) is 0 Å². The van der Waals surface area contributed by atoms with Crippen molar-refractivity contribution in [3.63, 3.8) is 0 Å². The second kappa shape index (κ2) is 10.1. The van der Waals surface area contributed by atoms with Crippen molar-refractivity contribution in [2.45, 2.75) is 32.3 Å². The lowest BCUT2D eigenvalue weighted by Gasteiger charge is -2.30. The number of hydrogen-bond acceptors (Lipinski definition) is 4. The highest BCUT2D eigenvalue weighted by Crippen LogP contribution is 2.50. The van der Waals surface area contributed by atoms with Gasteiger partial charge < -0.3 is 9.84 Å². The maximum atomic E-state index is 13.6. The zero-order valence-electron chi connectivity index (χ0n) is 21.4. The fraction of sp³-hybridized carbons (Fsp3) is 0.273. The number of carbonyl (C=O) groups is 2. The molecule has 0 bridgehead atoms. The largest absolute Gasteiger partial charge is 0.507 e. The molecule has 192 valence electrons. The van der Waals surface area contributed by atoms with E-state index in [1.807, 2.05) is 72.8 Å². The second-order valence-corrected chi connectivity index (χ2v) is 10.5. The number of phenols is 1. The summed E-state index contributed by atoms with van der Waals surface area (Å²) in [5.41, 5.74) is 6.04. The molecule has 0 unspecified atom stereocenters. The average Bonchev–Trinajstić information content (AvgIpc) is 3.47. The standard InChI is InChI=1S/C33H31NO4/c1-21-18-26-31(33(37)34(32(26)36)25-13-6-3-7-14-25)27-20-38-29(30(21)27)17-16-23(22-10-4-2-5-11-22)19-24-12-8-9-15-28(24)35/h2-15,19,26-27,29,31,35H,16-18,20H2,1H3/b23-19-/t26-,27+,29-,31-/m1/s1. The molecule has 4 atom stereocenters. The van der Waals surface area contributed by atoms with Gasteiger partial charge in [0.2, 0.25) is 11.8 Å². The first-order valence-electron chi connectivity index (χ1n) is 13.3. The van der Waals surface area contributed by atoms with Gasteiger partial charge in [-0.3, -0.25) is 14.5 Å². The van der Waals surface area contributed by atoms with Gasteiger partial charge in [0.25, 0.3) is 0 Å². The smallest absolute Gasteiger partial charge is 0.238 e. The van der Waals surface area contributed by atoms with E-state index in [2.05, 4.69) is 19.1 Å². The van der Waals surface area contributed by atoms with Crippen LogP contribution >= 0.6 is 0 Å². The summed E-state index contributed by atoms with van der Waals surface area (Å²) >= 11 is 0. The van der Waals surface area contributed by atoms with Crippen LogP contribution < -0.4 is 4.90 Å². The van der Waals surface area contributed by atoms with E-state index in [-0.39, 0.29) is 41.4 Å². The van der Waals surface area contributed by atoms with Gasteiger partial charge in [-0.15, -0.1) is 0 Å². The summed E-state index contributed by atoms with van der Waals surface area (Å²) in [4.78, 5) is 28.3. The van der Waals surface area contributed by atoms with Crippen LogP contribution in [0.15, 0.2) is 96.1 Å². The summed E-state index contributed by atoms with van der Waals surface area (Å²) in [6.07, 6.45) is 4.07. The number of para-hydroxylation sites is 2. The fourth-order valence-corrected chi connectivity index (χ4v) is 6.50. The molecule has 38 heavy (non-hydrogen) atoms. The van der Waals surface area contributed by atoms with E-state index in [0.29, 0.717) is 18.7 Å². The molecule has 5 heteroatoms. The predicted molar refractivity (Wildman–Crippen MR) is 148 cm³/mol. The van der Waals surface area contributed by atoms with Crippen molar-refractivity contribution in [3.05, 3.63) is 107 Å². The Hall–Kier alpha value is -3.96. The summed E-state index contributed by atoms with van der Waals surface area (Å²) in [5.74, 6) is -0.690. The molecule has 2 aliphatic heterocycles. The molecule has 1 N–H and O–H groups in total. The Morgan fingerprint density at radius 1 is 0.921 bits per heavy atom. The molecular weight excluding hydrogens is 474 g/mol. The lowest BCUT2D eigenvalue weighted by molar-refractivity contribution is -0.122. The summed E-state index contributed by atoms with van der Waals surface area (Å²) in [7, 11) is 0. The topological polar surface area (TPSA) is 66.8 Å². The van der Waals surface area contributed by atoms with Crippen molar-refractivity contribution in [1.29, 1.82) is 0 Å². The Kier molecular flexibility index (Phi) is 6.46. The molecule has 0 radical (unpaired) electrons. The third-order valence-corrected chi connectivity index (χ3v) is 8.25. The van der Waals surface area contributed by atoms with Gasteiger partial charge in [0.15, 0.2) is 0 Å². The zero-order valence-corrected chi connectivity index (χ0v) is 21.4. The van der Waals surface area contributed by atoms with Crippen LogP contribution in [-0.2, 0) is 14.3 Å². The molecule has 2 saturated heterocycles. The molecule has 2 amide bonds. The molecule has 2 heterocycles. The number of amides is 2. The lowest BCUT2D eigenvalue weighted by atomic mass is 9.70. The monoisotopic (exact) mass is 505 g/mol. The van der Waals surface area contributed by atoms with Gasteiger partial charge in [0.05, 0.1) is 30.2 Å². The number of nitrogens with zero attached hydrogens (tertiary/aromatic N) is 1. The minimum absolute atomic E-state index is 0.0637. The Bertz CT molecular complexity index is 1430. The van der Waals surface area contributed by atoms with Gasteiger partial charge >= 0.3 is 0 Å². The maximum absolute atomic E-state index is 13.6. The minimum atomic E-state index is -0.364. The number of imide groups is 1. The van der Waals surface area contributed by atoms with E-state index < -0.39 is 0 Å². The maximum Gasteiger partial charge on any atom is 0.238 e. The normalized spacial score (nSPS) is 25.1. The summed E-state index contributed by atoms with van der Waals surface area (Å²) in [5, 5.41) is 10.4. The molecule has 6 rings (SSSR count). The lowest BCUT2D eigenvalue weighted by Crippen LogP contribution is -2.34. The van der Waals surface area contributed by atoms with Crippen molar-refractivity contribution in [2.24, 2.45) is 17.8 Å². The van der Waals surface area contributed by atoms with Gasteiger partial charge in [-0.05, 0) is 67.2 Å². The number of ether oxygens (including phenoxy) is 1. The van der Waals surface area contributed by atoms with Crippen LogP contribution in [0.3, 0.4) is 0 Å². The molecule has 5 nitrogen and oxygen atoms in total. The van der Waals surface area contributed by atoms with E-state index in [0.717, 1.165) is 29.5 Å². The molecule has 0 spiro atoms. The van der Waals surface area contributed by atoms with Gasteiger partial charge in [-0.1, -0.05) is 72.3 Å². The van der Waals surface area contributed by atoms with E-state index in [4.69, 9.17) is 4.74 Å². The third kappa shape index (κ3) is 4.27. The van der Waals surface area contributed by atoms with Crippen LogP contribution in [0.5, 0.6) is 5.75 Å². The van der Waals surface area contributed by atoms with Crippen LogP contribution in [0.1, 0.15) is 37.3 Å².